The second-order valence-corrected chi connectivity index (χ2v) is 7.94. The Morgan fingerprint density at radius 2 is 1.96 bits per heavy atom. The molecule has 26 heavy (non-hydrogen) atoms. The Labute approximate surface area is 158 Å². The molecule has 1 heterocycles. The smallest absolute Gasteiger partial charge is 0.251 e. The van der Waals surface area contributed by atoms with Crippen LogP contribution in [0.1, 0.15) is 28.9 Å². The largest absolute Gasteiger partial charge is 0.350 e. The number of amides is 2. The maximum absolute atomic E-state index is 12.6. The van der Waals surface area contributed by atoms with Gasteiger partial charge in [0, 0.05) is 17.0 Å². The number of rotatable bonds is 5. The highest BCUT2D eigenvalue weighted by molar-refractivity contribution is 8.00. The van der Waals surface area contributed by atoms with Gasteiger partial charge in [-0.05, 0) is 44.8 Å². The number of carbonyl (C=O) groups is 2. The van der Waals surface area contributed by atoms with E-state index in [1.165, 1.54) is 11.8 Å². The van der Waals surface area contributed by atoms with Gasteiger partial charge in [0.05, 0.1) is 17.0 Å². The maximum Gasteiger partial charge on any atom is 0.251 e. The lowest BCUT2D eigenvalue weighted by molar-refractivity contribution is -0.115. The minimum Gasteiger partial charge on any atom is -0.350 e. The monoisotopic (exact) mass is 369 g/mol. The van der Waals surface area contributed by atoms with E-state index in [-0.39, 0.29) is 23.1 Å². The van der Waals surface area contributed by atoms with Crippen molar-refractivity contribution < 1.29 is 9.59 Å². The summed E-state index contributed by atoms with van der Waals surface area (Å²) in [6.45, 7) is 2.37. The van der Waals surface area contributed by atoms with E-state index in [9.17, 15) is 9.59 Å². The Morgan fingerprint density at radius 1 is 1.23 bits per heavy atom. The van der Waals surface area contributed by atoms with Gasteiger partial charge in [0.2, 0.25) is 5.91 Å². The van der Waals surface area contributed by atoms with Crippen LogP contribution in [0.15, 0.2) is 53.4 Å². The quantitative estimate of drug-likeness (QED) is 0.850. The summed E-state index contributed by atoms with van der Waals surface area (Å²) < 4.78 is 0. The van der Waals surface area contributed by atoms with Crippen molar-refractivity contribution in [3.63, 3.8) is 0 Å². The topological polar surface area (TPSA) is 61.4 Å². The van der Waals surface area contributed by atoms with Crippen molar-refractivity contribution in [2.45, 2.75) is 23.1 Å². The van der Waals surface area contributed by atoms with Gasteiger partial charge in [0.15, 0.2) is 0 Å². The average molecular weight is 369 g/mol. The third kappa shape index (κ3) is 4.08. The van der Waals surface area contributed by atoms with Crippen LogP contribution in [0.3, 0.4) is 0 Å². The number of anilines is 1. The molecule has 3 rings (SSSR count). The van der Waals surface area contributed by atoms with Crippen LogP contribution in [0, 0.1) is 0 Å². The molecule has 1 aliphatic heterocycles. The fraction of sp³-hybridized carbons (Fsp3) is 0.300. The van der Waals surface area contributed by atoms with Crippen molar-refractivity contribution in [2.24, 2.45) is 0 Å². The molecule has 136 valence electrons. The number of hydrogen-bond donors (Lipinski definition) is 2. The highest BCUT2D eigenvalue weighted by Crippen LogP contribution is 2.35. The molecule has 2 N–H and O–H groups in total. The first-order chi connectivity index (χ1) is 12.5. The number of fused-ring (bicyclic) bond motifs is 1. The first-order valence-corrected chi connectivity index (χ1v) is 9.45. The van der Waals surface area contributed by atoms with E-state index in [1.54, 1.807) is 12.1 Å². The van der Waals surface area contributed by atoms with Crippen LogP contribution in [-0.4, -0.2) is 42.6 Å². The molecule has 5 nitrogen and oxygen atoms in total. The van der Waals surface area contributed by atoms with Gasteiger partial charge in [-0.2, -0.15) is 0 Å². The fourth-order valence-electron chi connectivity index (χ4n) is 2.92. The Morgan fingerprint density at radius 3 is 2.65 bits per heavy atom. The zero-order valence-corrected chi connectivity index (χ0v) is 16.0. The summed E-state index contributed by atoms with van der Waals surface area (Å²) in [4.78, 5) is 27.5. The van der Waals surface area contributed by atoms with Crippen molar-refractivity contribution in [3.8, 4) is 0 Å². The summed E-state index contributed by atoms with van der Waals surface area (Å²) in [5.41, 5.74) is 2.41. The number of nitrogens with zero attached hydrogens (tertiary/aromatic N) is 1. The molecule has 0 aromatic heterocycles. The Hall–Kier alpha value is -2.31. The molecule has 1 aliphatic rings. The Balaban J connectivity index is 1.70. The van der Waals surface area contributed by atoms with Crippen molar-refractivity contribution >= 4 is 29.3 Å². The molecule has 0 fully saturated rings. The van der Waals surface area contributed by atoms with Crippen molar-refractivity contribution in [1.82, 2.24) is 10.2 Å². The van der Waals surface area contributed by atoms with Gasteiger partial charge in [0.1, 0.15) is 0 Å². The van der Waals surface area contributed by atoms with Crippen LogP contribution in [0.25, 0.3) is 0 Å². The van der Waals surface area contributed by atoms with Gasteiger partial charge in [0.25, 0.3) is 5.91 Å². The molecular weight excluding hydrogens is 346 g/mol. The lowest BCUT2D eigenvalue weighted by Crippen LogP contribution is -2.34. The molecule has 2 aromatic carbocycles. The normalized spacial score (nSPS) is 17.4. The van der Waals surface area contributed by atoms with Crippen LogP contribution in [0.4, 0.5) is 5.69 Å². The van der Waals surface area contributed by atoms with E-state index in [2.05, 4.69) is 27.7 Å². The van der Waals surface area contributed by atoms with Crippen LogP contribution in [0.5, 0.6) is 0 Å². The zero-order chi connectivity index (χ0) is 18.7. The SMILES string of the molecule is C[C@@H]1Sc2ccc(C(=O)NC[C@H](c3ccccc3)N(C)C)cc2NC1=O. The van der Waals surface area contributed by atoms with Gasteiger partial charge >= 0.3 is 0 Å². The predicted molar refractivity (Wildman–Crippen MR) is 106 cm³/mol. The van der Waals surface area contributed by atoms with E-state index in [0.29, 0.717) is 17.8 Å². The van der Waals surface area contributed by atoms with Crippen LogP contribution in [-0.2, 0) is 4.79 Å². The first-order valence-electron chi connectivity index (χ1n) is 8.57. The molecular formula is C20H23N3O2S. The minimum atomic E-state index is -0.145. The van der Waals surface area contributed by atoms with Gasteiger partial charge in [-0.25, -0.2) is 0 Å². The number of nitrogens with one attached hydrogen (secondary N) is 2. The first kappa shape index (κ1) is 18.5. The second-order valence-electron chi connectivity index (χ2n) is 6.56. The summed E-state index contributed by atoms with van der Waals surface area (Å²) >= 11 is 1.51. The highest BCUT2D eigenvalue weighted by Gasteiger charge is 2.24. The summed E-state index contributed by atoms with van der Waals surface area (Å²) in [5, 5.41) is 5.75. The third-order valence-electron chi connectivity index (χ3n) is 4.44. The molecule has 2 aromatic rings. The zero-order valence-electron chi connectivity index (χ0n) is 15.2. The summed E-state index contributed by atoms with van der Waals surface area (Å²) in [7, 11) is 3.99. The lowest BCUT2D eigenvalue weighted by atomic mass is 10.1. The lowest BCUT2D eigenvalue weighted by Gasteiger charge is -2.25. The average Bonchev–Trinajstić information content (AvgIpc) is 2.63. The fourth-order valence-corrected chi connectivity index (χ4v) is 3.85. The standard InChI is InChI=1S/C20H23N3O2S/c1-13-19(24)22-16-11-15(9-10-18(16)26-13)20(25)21-12-17(23(2)3)14-7-5-4-6-8-14/h4-11,13,17H,12H2,1-3H3,(H,21,25)(H,22,24)/t13-,17+/m0/s1. The van der Waals surface area contributed by atoms with Crippen LogP contribution >= 0.6 is 11.8 Å². The van der Waals surface area contributed by atoms with Crippen molar-refractivity contribution in [3.05, 3.63) is 59.7 Å². The molecule has 0 radical (unpaired) electrons. The number of likely N-dealkylation sites (N-methyl/N-ethyl adjacent to an activating group) is 1. The van der Waals surface area contributed by atoms with E-state index in [1.807, 2.05) is 45.3 Å². The summed E-state index contributed by atoms with van der Waals surface area (Å²) in [5.74, 6) is -0.176. The van der Waals surface area contributed by atoms with E-state index < -0.39 is 0 Å². The van der Waals surface area contributed by atoms with Crippen LogP contribution in [0.2, 0.25) is 0 Å². The van der Waals surface area contributed by atoms with Gasteiger partial charge in [-0.3, -0.25) is 9.59 Å². The molecule has 0 spiro atoms. The van der Waals surface area contributed by atoms with Gasteiger partial charge < -0.3 is 15.5 Å². The minimum absolute atomic E-state index is 0.0307. The molecule has 2 atom stereocenters. The number of hydrogen-bond acceptors (Lipinski definition) is 4. The molecule has 0 aliphatic carbocycles. The second kappa shape index (κ2) is 7.93. The Kier molecular flexibility index (Phi) is 5.64. The Bertz CT molecular complexity index is 808. The van der Waals surface area contributed by atoms with Crippen molar-refractivity contribution in [2.75, 3.05) is 26.0 Å². The molecule has 0 bridgehead atoms. The summed E-state index contributed by atoms with van der Waals surface area (Å²) in [6.07, 6.45) is 0. The molecule has 0 unspecified atom stereocenters. The van der Waals surface area contributed by atoms with Crippen LogP contribution < -0.4 is 10.6 Å². The van der Waals surface area contributed by atoms with E-state index in [0.717, 1.165) is 10.5 Å². The molecule has 2 amide bonds. The molecule has 0 saturated carbocycles. The summed E-state index contributed by atoms with van der Waals surface area (Å²) in [6, 6.07) is 15.6. The third-order valence-corrected chi connectivity index (χ3v) is 5.61. The van der Waals surface area contributed by atoms with E-state index in [4.69, 9.17) is 0 Å². The van der Waals surface area contributed by atoms with Crippen molar-refractivity contribution in [1.29, 1.82) is 0 Å². The number of benzene rings is 2. The highest BCUT2D eigenvalue weighted by atomic mass is 32.2. The maximum atomic E-state index is 12.6. The van der Waals surface area contributed by atoms with E-state index >= 15 is 0 Å². The van der Waals surface area contributed by atoms with Gasteiger partial charge in [-0.1, -0.05) is 30.3 Å². The predicted octanol–water partition coefficient (Wildman–Crippen LogP) is 3.15. The molecule has 0 saturated heterocycles. The number of thioether (sulfide) groups is 1. The molecule has 6 heteroatoms. The van der Waals surface area contributed by atoms with Gasteiger partial charge in [-0.15, -0.1) is 11.8 Å². The number of carbonyl (C=O) groups excluding carboxylic acids is 2.